The van der Waals surface area contributed by atoms with Crippen LogP contribution in [0.1, 0.15) is 47.7 Å². The maximum atomic E-state index is 10.9. The van der Waals surface area contributed by atoms with Gasteiger partial charge in [0.15, 0.2) is 0 Å². The van der Waals surface area contributed by atoms with Gasteiger partial charge in [0.25, 0.3) is 0 Å². The summed E-state index contributed by atoms with van der Waals surface area (Å²) in [4.78, 5) is 10.9. The number of carboxylic acid groups (broad SMARTS) is 1. The van der Waals surface area contributed by atoms with E-state index < -0.39 is 5.97 Å². The highest BCUT2D eigenvalue weighted by atomic mass is 16.5. The molecule has 0 heterocycles. The molecule has 0 fully saturated rings. The number of carbonyl (C=O) groups is 1. The first kappa shape index (κ1) is 20.2. The van der Waals surface area contributed by atoms with Crippen LogP contribution < -0.4 is 4.74 Å². The van der Waals surface area contributed by atoms with Gasteiger partial charge in [-0.1, -0.05) is 31.9 Å². The van der Waals surface area contributed by atoms with E-state index in [0.717, 1.165) is 30.6 Å². The minimum atomic E-state index is -0.988. The second kappa shape index (κ2) is 10.2. The molecule has 0 saturated carbocycles. The quantitative estimate of drug-likeness (QED) is 0.351. The molecule has 0 atom stereocenters. The number of methoxy groups -OCH3 is 1. The van der Waals surface area contributed by atoms with Crippen LogP contribution >= 0.6 is 0 Å². The zero-order chi connectivity index (χ0) is 19.6. The fourth-order valence-corrected chi connectivity index (χ4v) is 2.52. The second-order valence-electron chi connectivity index (χ2n) is 6.09. The first-order valence-electron chi connectivity index (χ1n) is 8.96. The molecule has 27 heavy (non-hydrogen) atoms. The van der Waals surface area contributed by atoms with E-state index in [2.05, 4.69) is 6.92 Å². The van der Waals surface area contributed by atoms with Crippen LogP contribution in [0.2, 0.25) is 0 Å². The third kappa shape index (κ3) is 5.99. The Kier molecular flexibility index (Phi) is 7.62. The van der Waals surface area contributed by atoms with Gasteiger partial charge in [-0.05, 0) is 48.4 Å². The Hall–Kier alpha value is -3.08. The van der Waals surface area contributed by atoms with Gasteiger partial charge in [0.2, 0.25) is 0 Å². The summed E-state index contributed by atoms with van der Waals surface area (Å²) in [5, 5.41) is 17.2. The lowest BCUT2D eigenvalue weighted by Crippen LogP contribution is -2.01. The van der Waals surface area contributed by atoms with Crippen LogP contribution in [0.3, 0.4) is 0 Å². The molecule has 2 N–H and O–H groups in total. The third-order valence-electron chi connectivity index (χ3n) is 4.09. The maximum absolute atomic E-state index is 10.9. The molecule has 0 radical (unpaired) electrons. The van der Waals surface area contributed by atoms with E-state index in [0.29, 0.717) is 17.9 Å². The fraction of sp³-hybridized carbons (Fsp3) is 0.273. The van der Waals surface area contributed by atoms with Crippen molar-refractivity contribution in [2.24, 2.45) is 0 Å². The molecule has 5 heteroatoms. The number of allylic oxidation sites excluding steroid dienone is 1. The van der Waals surface area contributed by atoms with Crippen LogP contribution in [0.5, 0.6) is 5.75 Å². The van der Waals surface area contributed by atoms with Crippen LogP contribution in [0.25, 0.3) is 5.76 Å². The molecule has 5 nitrogen and oxygen atoms in total. The van der Waals surface area contributed by atoms with Crippen LogP contribution in [-0.2, 0) is 4.74 Å². The summed E-state index contributed by atoms with van der Waals surface area (Å²) in [6.45, 7) is 2.86. The van der Waals surface area contributed by atoms with Crippen LogP contribution in [0.4, 0.5) is 0 Å². The van der Waals surface area contributed by atoms with Crippen LogP contribution in [0, 0.1) is 5.41 Å². The van der Waals surface area contributed by atoms with E-state index >= 15 is 0 Å². The monoisotopic (exact) mass is 367 g/mol. The summed E-state index contributed by atoms with van der Waals surface area (Å²) in [5.74, 6) is 0.377. The second-order valence-corrected chi connectivity index (χ2v) is 6.09. The molecule has 0 aliphatic rings. The average Bonchev–Trinajstić information content (AvgIpc) is 2.70. The zero-order valence-electron chi connectivity index (χ0n) is 15.7. The van der Waals surface area contributed by atoms with Crippen molar-refractivity contribution in [3.63, 3.8) is 0 Å². The van der Waals surface area contributed by atoms with Crippen molar-refractivity contribution >= 4 is 17.4 Å². The van der Waals surface area contributed by atoms with Crippen molar-refractivity contribution < 1.29 is 19.4 Å². The highest BCUT2D eigenvalue weighted by molar-refractivity contribution is 6.10. The van der Waals surface area contributed by atoms with E-state index in [1.54, 1.807) is 25.3 Å². The predicted octanol–water partition coefficient (Wildman–Crippen LogP) is 5.01. The van der Waals surface area contributed by atoms with Crippen molar-refractivity contribution in [3.8, 4) is 5.75 Å². The first-order valence-corrected chi connectivity index (χ1v) is 8.96. The SMILES string of the molecule is CCCCCOc1ccc(/C(=C/C(=N)c2ccc(C(=O)O)cc2)OC)cc1. The molecule has 0 spiro atoms. The molecule has 0 aliphatic carbocycles. The van der Waals surface area contributed by atoms with E-state index in [9.17, 15) is 4.79 Å². The molecule has 2 rings (SSSR count). The maximum Gasteiger partial charge on any atom is 0.335 e. The number of hydrogen-bond donors (Lipinski definition) is 2. The summed E-state index contributed by atoms with van der Waals surface area (Å²) in [6.07, 6.45) is 4.98. The molecule has 2 aromatic rings. The number of hydrogen-bond acceptors (Lipinski definition) is 4. The summed E-state index contributed by atoms with van der Waals surface area (Å²) in [5.41, 5.74) is 1.89. The van der Waals surface area contributed by atoms with Crippen LogP contribution in [0.15, 0.2) is 54.6 Å². The number of unbranched alkanes of at least 4 members (excludes halogenated alkanes) is 2. The van der Waals surface area contributed by atoms with Gasteiger partial charge in [-0.15, -0.1) is 0 Å². The largest absolute Gasteiger partial charge is 0.496 e. The molecule has 0 unspecified atom stereocenters. The number of carboxylic acids is 1. The lowest BCUT2D eigenvalue weighted by Gasteiger charge is -2.10. The Morgan fingerprint density at radius 2 is 1.59 bits per heavy atom. The summed E-state index contributed by atoms with van der Waals surface area (Å²) in [7, 11) is 1.56. The molecule has 0 aromatic heterocycles. The Labute approximate surface area is 159 Å². The van der Waals surface area contributed by atoms with Crippen molar-refractivity contribution in [1.82, 2.24) is 0 Å². The van der Waals surface area contributed by atoms with E-state index in [-0.39, 0.29) is 11.3 Å². The number of ether oxygens (including phenoxy) is 2. The van der Waals surface area contributed by atoms with E-state index in [1.807, 2.05) is 24.3 Å². The average molecular weight is 367 g/mol. The van der Waals surface area contributed by atoms with Gasteiger partial charge in [0, 0.05) is 11.6 Å². The lowest BCUT2D eigenvalue weighted by atomic mass is 10.1. The number of aromatic carboxylic acids is 1. The molecule has 0 aliphatic heterocycles. The Morgan fingerprint density at radius 3 is 2.15 bits per heavy atom. The van der Waals surface area contributed by atoms with Gasteiger partial charge in [-0.3, -0.25) is 0 Å². The highest BCUT2D eigenvalue weighted by Crippen LogP contribution is 2.20. The van der Waals surface area contributed by atoms with Crippen LogP contribution in [-0.4, -0.2) is 30.5 Å². The molecule has 2 aromatic carbocycles. The van der Waals surface area contributed by atoms with Crippen molar-refractivity contribution in [2.75, 3.05) is 13.7 Å². The fourth-order valence-electron chi connectivity index (χ4n) is 2.52. The molecule has 0 bridgehead atoms. The van der Waals surface area contributed by atoms with Gasteiger partial charge in [0.05, 0.1) is 25.0 Å². The van der Waals surface area contributed by atoms with Crippen molar-refractivity contribution in [3.05, 3.63) is 71.3 Å². The number of rotatable bonds is 10. The molecular weight excluding hydrogens is 342 g/mol. The predicted molar refractivity (Wildman–Crippen MR) is 107 cm³/mol. The Balaban J connectivity index is 2.08. The summed E-state index contributed by atoms with van der Waals surface area (Å²) >= 11 is 0. The van der Waals surface area contributed by atoms with Gasteiger partial charge in [-0.25, -0.2) is 4.79 Å². The standard InChI is InChI=1S/C22H25NO4/c1-3-4-5-14-27-19-12-10-17(11-13-19)21(26-2)15-20(23)16-6-8-18(9-7-16)22(24)25/h6-13,15,23H,3-5,14H2,1-2H3,(H,24,25)/b21-15-,23-20?. The number of benzene rings is 2. The zero-order valence-corrected chi connectivity index (χ0v) is 15.7. The summed E-state index contributed by atoms with van der Waals surface area (Å²) in [6, 6.07) is 13.8. The van der Waals surface area contributed by atoms with Gasteiger partial charge in [0.1, 0.15) is 11.5 Å². The number of nitrogens with one attached hydrogen (secondary N) is 1. The Morgan fingerprint density at radius 1 is 1.00 bits per heavy atom. The van der Waals surface area contributed by atoms with E-state index in [4.69, 9.17) is 20.0 Å². The lowest BCUT2D eigenvalue weighted by molar-refractivity contribution is 0.0697. The highest BCUT2D eigenvalue weighted by Gasteiger charge is 2.07. The molecule has 142 valence electrons. The molecule has 0 amide bonds. The minimum Gasteiger partial charge on any atom is -0.496 e. The topological polar surface area (TPSA) is 79.6 Å². The molecule has 0 saturated heterocycles. The van der Waals surface area contributed by atoms with Gasteiger partial charge >= 0.3 is 5.97 Å². The van der Waals surface area contributed by atoms with Crippen molar-refractivity contribution in [2.45, 2.75) is 26.2 Å². The summed E-state index contributed by atoms with van der Waals surface area (Å²) < 4.78 is 11.1. The normalized spacial score (nSPS) is 11.1. The minimum absolute atomic E-state index is 0.192. The van der Waals surface area contributed by atoms with E-state index in [1.165, 1.54) is 12.1 Å². The Bertz CT molecular complexity index is 792. The first-order chi connectivity index (χ1) is 13.0. The third-order valence-corrected chi connectivity index (χ3v) is 4.09. The van der Waals surface area contributed by atoms with Gasteiger partial charge < -0.3 is 20.0 Å². The smallest absolute Gasteiger partial charge is 0.335 e. The van der Waals surface area contributed by atoms with Crippen molar-refractivity contribution in [1.29, 1.82) is 5.41 Å². The molecular formula is C22H25NO4. The van der Waals surface area contributed by atoms with Gasteiger partial charge in [-0.2, -0.15) is 0 Å².